The smallest absolute Gasteiger partial charge is 0.0826 e. The summed E-state index contributed by atoms with van der Waals surface area (Å²) in [7, 11) is 0. The molecule has 0 aromatic heterocycles. The highest BCUT2D eigenvalue weighted by atomic mass is 16.3. The first-order valence-corrected chi connectivity index (χ1v) is 6.61. The first-order chi connectivity index (χ1) is 7.10. The largest absolute Gasteiger partial charge is 0.388 e. The zero-order valence-electron chi connectivity index (χ0n) is 9.97. The molecule has 2 nitrogen and oxygen atoms in total. The predicted octanol–water partition coefficient (Wildman–Crippen LogP) is 2.59. The van der Waals surface area contributed by atoms with Crippen molar-refractivity contribution in [2.75, 3.05) is 0 Å². The normalized spacial score (nSPS) is 40.6. The van der Waals surface area contributed by atoms with Gasteiger partial charge in [-0.05, 0) is 44.4 Å². The molecule has 3 N–H and O–H groups in total. The van der Waals surface area contributed by atoms with E-state index in [9.17, 15) is 5.11 Å². The second-order valence-electron chi connectivity index (χ2n) is 5.75. The fourth-order valence-corrected chi connectivity index (χ4v) is 3.32. The first-order valence-electron chi connectivity index (χ1n) is 6.61. The van der Waals surface area contributed by atoms with E-state index in [1.807, 2.05) is 0 Å². The molecule has 2 atom stereocenters. The third kappa shape index (κ3) is 1.94. The summed E-state index contributed by atoms with van der Waals surface area (Å²) in [5.74, 6) is 0.822. The van der Waals surface area contributed by atoms with E-state index in [0.29, 0.717) is 0 Å². The summed E-state index contributed by atoms with van der Waals surface area (Å²) in [6, 6.07) is 0. The van der Waals surface area contributed by atoms with E-state index in [1.54, 1.807) is 0 Å². The highest BCUT2D eigenvalue weighted by molar-refractivity contribution is 5.09. The first kappa shape index (κ1) is 11.4. The van der Waals surface area contributed by atoms with Gasteiger partial charge in [0.25, 0.3) is 0 Å². The van der Waals surface area contributed by atoms with Gasteiger partial charge in [-0.2, -0.15) is 0 Å². The SMILES string of the molecule is CCC1CCCC(O)(C2(N)CCC2)CC1. The molecule has 0 spiro atoms. The van der Waals surface area contributed by atoms with Crippen molar-refractivity contribution in [2.45, 2.75) is 75.9 Å². The molecule has 0 heterocycles. The van der Waals surface area contributed by atoms with Crippen molar-refractivity contribution in [1.29, 1.82) is 0 Å². The van der Waals surface area contributed by atoms with Gasteiger partial charge in [0, 0.05) is 5.54 Å². The van der Waals surface area contributed by atoms with Crippen LogP contribution in [0.15, 0.2) is 0 Å². The van der Waals surface area contributed by atoms with Gasteiger partial charge in [0.2, 0.25) is 0 Å². The van der Waals surface area contributed by atoms with Gasteiger partial charge in [0.15, 0.2) is 0 Å². The molecule has 0 saturated heterocycles. The minimum atomic E-state index is -0.546. The Balaban J connectivity index is 2.02. The Morgan fingerprint density at radius 1 is 1.13 bits per heavy atom. The van der Waals surface area contributed by atoms with Crippen molar-refractivity contribution < 1.29 is 5.11 Å². The Bertz CT molecular complexity index is 225. The topological polar surface area (TPSA) is 46.2 Å². The van der Waals surface area contributed by atoms with Crippen LogP contribution in [0, 0.1) is 5.92 Å². The summed E-state index contributed by atoms with van der Waals surface area (Å²) in [4.78, 5) is 0. The molecule has 0 aliphatic heterocycles. The van der Waals surface area contributed by atoms with Crippen LogP contribution >= 0.6 is 0 Å². The average molecular weight is 211 g/mol. The second kappa shape index (κ2) is 4.06. The van der Waals surface area contributed by atoms with Crippen LogP contribution in [0.4, 0.5) is 0 Å². The van der Waals surface area contributed by atoms with Crippen LogP contribution in [0.5, 0.6) is 0 Å². The average Bonchev–Trinajstić information content (AvgIpc) is 2.37. The van der Waals surface area contributed by atoms with Crippen LogP contribution < -0.4 is 5.73 Å². The van der Waals surface area contributed by atoms with Gasteiger partial charge in [-0.25, -0.2) is 0 Å². The molecule has 0 aromatic carbocycles. The molecule has 2 heteroatoms. The van der Waals surface area contributed by atoms with Crippen molar-refractivity contribution in [3.63, 3.8) is 0 Å². The van der Waals surface area contributed by atoms with E-state index in [-0.39, 0.29) is 5.54 Å². The van der Waals surface area contributed by atoms with Crippen molar-refractivity contribution in [3.8, 4) is 0 Å². The Morgan fingerprint density at radius 2 is 1.87 bits per heavy atom. The lowest BCUT2D eigenvalue weighted by Crippen LogP contribution is -2.64. The van der Waals surface area contributed by atoms with Gasteiger partial charge in [-0.3, -0.25) is 0 Å². The summed E-state index contributed by atoms with van der Waals surface area (Å²) in [5.41, 5.74) is 5.53. The summed E-state index contributed by atoms with van der Waals surface area (Å²) >= 11 is 0. The maximum absolute atomic E-state index is 10.7. The highest BCUT2D eigenvalue weighted by Crippen LogP contribution is 2.46. The van der Waals surface area contributed by atoms with Crippen LogP contribution in [0.25, 0.3) is 0 Å². The summed E-state index contributed by atoms with van der Waals surface area (Å²) in [6.45, 7) is 2.26. The van der Waals surface area contributed by atoms with Crippen molar-refractivity contribution in [3.05, 3.63) is 0 Å². The van der Waals surface area contributed by atoms with Gasteiger partial charge in [0.1, 0.15) is 0 Å². The van der Waals surface area contributed by atoms with Crippen molar-refractivity contribution in [1.82, 2.24) is 0 Å². The lowest BCUT2D eigenvalue weighted by atomic mass is 9.63. The monoisotopic (exact) mass is 211 g/mol. The molecule has 2 aliphatic carbocycles. The number of aliphatic hydroxyl groups is 1. The minimum absolute atomic E-state index is 0.240. The van der Waals surface area contributed by atoms with E-state index in [2.05, 4.69) is 6.92 Å². The molecule has 2 aliphatic rings. The lowest BCUT2D eigenvalue weighted by molar-refractivity contribution is -0.0815. The molecule has 0 bridgehead atoms. The quantitative estimate of drug-likeness (QED) is 0.690. The van der Waals surface area contributed by atoms with Gasteiger partial charge >= 0.3 is 0 Å². The van der Waals surface area contributed by atoms with Crippen LogP contribution in [0.1, 0.15) is 64.7 Å². The third-order valence-corrected chi connectivity index (χ3v) is 4.92. The van der Waals surface area contributed by atoms with Gasteiger partial charge in [-0.1, -0.05) is 26.2 Å². The Hall–Kier alpha value is -0.0800. The maximum atomic E-state index is 10.7. The Kier molecular flexibility index (Phi) is 3.09. The minimum Gasteiger partial charge on any atom is -0.388 e. The molecule has 2 saturated carbocycles. The summed E-state index contributed by atoms with van der Waals surface area (Å²) < 4.78 is 0. The number of hydrogen-bond acceptors (Lipinski definition) is 2. The molecule has 88 valence electrons. The molecule has 15 heavy (non-hydrogen) atoms. The predicted molar refractivity (Wildman–Crippen MR) is 62.6 cm³/mol. The summed E-state index contributed by atoms with van der Waals surface area (Å²) in [5, 5.41) is 10.7. The maximum Gasteiger partial charge on any atom is 0.0826 e. The van der Waals surface area contributed by atoms with E-state index in [4.69, 9.17) is 5.73 Å². The fourth-order valence-electron chi connectivity index (χ4n) is 3.32. The molecular formula is C13H25NO. The van der Waals surface area contributed by atoms with Crippen LogP contribution in [-0.4, -0.2) is 16.2 Å². The standard InChI is InChI=1S/C13H25NO/c1-2-11-5-3-9-13(15,10-6-11)12(14)7-4-8-12/h11,15H,2-10,14H2,1H3. The molecule has 0 amide bonds. The molecule has 2 fully saturated rings. The third-order valence-electron chi connectivity index (χ3n) is 4.92. The molecule has 2 unspecified atom stereocenters. The van der Waals surface area contributed by atoms with Crippen LogP contribution in [0.3, 0.4) is 0 Å². The Labute approximate surface area is 93.2 Å². The zero-order valence-corrected chi connectivity index (χ0v) is 9.97. The number of hydrogen-bond donors (Lipinski definition) is 2. The lowest BCUT2D eigenvalue weighted by Gasteiger charge is -2.51. The van der Waals surface area contributed by atoms with E-state index in [1.165, 1.54) is 25.7 Å². The van der Waals surface area contributed by atoms with Crippen molar-refractivity contribution >= 4 is 0 Å². The number of rotatable bonds is 2. The van der Waals surface area contributed by atoms with Gasteiger partial charge in [0.05, 0.1) is 5.60 Å². The van der Waals surface area contributed by atoms with Gasteiger partial charge in [-0.15, -0.1) is 0 Å². The van der Waals surface area contributed by atoms with Crippen molar-refractivity contribution in [2.24, 2.45) is 11.7 Å². The molecule has 2 rings (SSSR count). The zero-order chi connectivity index (χ0) is 10.9. The molecular weight excluding hydrogens is 186 g/mol. The highest BCUT2D eigenvalue weighted by Gasteiger charge is 2.51. The Morgan fingerprint density at radius 3 is 2.40 bits per heavy atom. The van der Waals surface area contributed by atoms with Crippen LogP contribution in [0.2, 0.25) is 0 Å². The second-order valence-corrected chi connectivity index (χ2v) is 5.75. The van der Waals surface area contributed by atoms with Gasteiger partial charge < -0.3 is 10.8 Å². The molecule has 0 aromatic rings. The van der Waals surface area contributed by atoms with Crippen LogP contribution in [-0.2, 0) is 0 Å². The number of nitrogens with two attached hydrogens (primary N) is 1. The molecule has 0 radical (unpaired) electrons. The summed E-state index contributed by atoms with van der Waals surface area (Å²) in [6.07, 6.45) is 10.0. The fraction of sp³-hybridized carbons (Fsp3) is 1.00. The van der Waals surface area contributed by atoms with E-state index >= 15 is 0 Å². The van der Waals surface area contributed by atoms with E-state index < -0.39 is 5.60 Å². The van der Waals surface area contributed by atoms with E-state index in [0.717, 1.165) is 38.0 Å².